The average Bonchev–Trinajstić information content (AvgIpc) is 2.50. The minimum Gasteiger partial charge on any atom is -0.332 e. The summed E-state index contributed by atoms with van der Waals surface area (Å²) in [5, 5.41) is 2.94. The maximum absolute atomic E-state index is 12.5. The van der Waals surface area contributed by atoms with E-state index in [-0.39, 0.29) is 18.4 Å². The molecule has 2 rings (SSSR count). The Balaban J connectivity index is 1.87. The van der Waals surface area contributed by atoms with Crippen LogP contribution in [0.1, 0.15) is 31.4 Å². The van der Waals surface area contributed by atoms with Crippen molar-refractivity contribution in [2.24, 2.45) is 11.8 Å². The molecule has 1 fully saturated rings. The average molecular weight is 346 g/mol. The van der Waals surface area contributed by atoms with E-state index in [9.17, 15) is 9.59 Å². The first kappa shape index (κ1) is 19.4. The van der Waals surface area contributed by atoms with Gasteiger partial charge in [-0.2, -0.15) is 0 Å². The summed E-state index contributed by atoms with van der Waals surface area (Å²) in [6.45, 7) is 11.1. The number of anilines is 1. The normalized spacial score (nSPS) is 23.2. The number of benzene rings is 1. The second-order valence-corrected chi connectivity index (χ2v) is 7.85. The Morgan fingerprint density at radius 2 is 1.72 bits per heavy atom. The van der Waals surface area contributed by atoms with E-state index < -0.39 is 0 Å². The first-order valence-electron chi connectivity index (χ1n) is 9.19. The van der Waals surface area contributed by atoms with E-state index in [2.05, 4.69) is 19.2 Å². The Kier molecular flexibility index (Phi) is 6.59. The SMILES string of the molecule is Cc1cccc(C)c1NC(=O)CN(C)C(=O)C[NH+]1C[C@H](C)C[C@@H](C)C1. The Labute approximate surface area is 151 Å². The predicted octanol–water partition coefficient (Wildman–Crippen LogP) is 1.26. The van der Waals surface area contributed by atoms with Crippen molar-refractivity contribution in [3.05, 3.63) is 29.3 Å². The van der Waals surface area contributed by atoms with Crippen molar-refractivity contribution in [3.63, 3.8) is 0 Å². The van der Waals surface area contributed by atoms with Gasteiger partial charge in [-0.25, -0.2) is 0 Å². The van der Waals surface area contributed by atoms with Crippen LogP contribution in [0.5, 0.6) is 0 Å². The minimum atomic E-state index is -0.149. The molecular weight excluding hydrogens is 314 g/mol. The molecule has 2 N–H and O–H groups in total. The molecule has 1 aliphatic rings. The number of carbonyl (C=O) groups is 2. The van der Waals surface area contributed by atoms with Gasteiger partial charge >= 0.3 is 0 Å². The molecule has 5 nitrogen and oxygen atoms in total. The molecular formula is C20H32N3O2+. The summed E-state index contributed by atoms with van der Waals surface area (Å²) in [6.07, 6.45) is 1.24. The third-order valence-corrected chi connectivity index (χ3v) is 5.03. The van der Waals surface area contributed by atoms with Crippen LogP contribution in [0.3, 0.4) is 0 Å². The number of para-hydroxylation sites is 1. The number of piperidine rings is 1. The molecule has 5 heteroatoms. The Morgan fingerprint density at radius 3 is 2.28 bits per heavy atom. The monoisotopic (exact) mass is 346 g/mol. The third kappa shape index (κ3) is 5.56. The Bertz CT molecular complexity index is 599. The molecule has 0 unspecified atom stereocenters. The molecule has 0 aromatic heterocycles. The molecule has 1 saturated heterocycles. The van der Waals surface area contributed by atoms with E-state index in [0.29, 0.717) is 18.4 Å². The van der Waals surface area contributed by atoms with Crippen LogP contribution < -0.4 is 10.2 Å². The lowest BCUT2D eigenvalue weighted by Gasteiger charge is -2.32. The molecule has 0 radical (unpaired) electrons. The van der Waals surface area contributed by atoms with Crippen molar-refractivity contribution in [3.8, 4) is 0 Å². The highest BCUT2D eigenvalue weighted by molar-refractivity contribution is 5.95. The molecule has 2 atom stereocenters. The number of nitrogens with zero attached hydrogens (tertiary/aromatic N) is 1. The van der Waals surface area contributed by atoms with Gasteiger partial charge in [-0.3, -0.25) is 9.59 Å². The van der Waals surface area contributed by atoms with Crippen LogP contribution in [-0.4, -0.2) is 49.9 Å². The van der Waals surface area contributed by atoms with E-state index in [1.807, 2.05) is 32.0 Å². The van der Waals surface area contributed by atoms with Gasteiger partial charge < -0.3 is 15.1 Å². The van der Waals surface area contributed by atoms with Gasteiger partial charge in [0.15, 0.2) is 6.54 Å². The van der Waals surface area contributed by atoms with Crippen LogP contribution in [-0.2, 0) is 9.59 Å². The standard InChI is InChI=1S/C20H31N3O2/c1-14-9-15(2)11-23(10-14)13-19(25)22(5)12-18(24)21-20-16(3)7-6-8-17(20)4/h6-8,14-15H,9-13H2,1-5H3,(H,21,24)/p+1/t14-,15-/m1/s1. The number of hydrogen-bond acceptors (Lipinski definition) is 2. The number of likely N-dealkylation sites (N-methyl/N-ethyl adjacent to an activating group) is 1. The summed E-state index contributed by atoms with van der Waals surface area (Å²) in [4.78, 5) is 27.7. The van der Waals surface area contributed by atoms with Gasteiger partial charge in [-0.05, 0) is 31.4 Å². The fourth-order valence-corrected chi connectivity index (χ4v) is 3.91. The number of hydrogen-bond donors (Lipinski definition) is 2. The smallest absolute Gasteiger partial charge is 0.277 e. The molecule has 0 bridgehead atoms. The zero-order chi connectivity index (χ0) is 18.6. The second kappa shape index (κ2) is 8.48. The van der Waals surface area contributed by atoms with Crippen LogP contribution in [0.25, 0.3) is 0 Å². The first-order chi connectivity index (χ1) is 11.8. The van der Waals surface area contributed by atoms with Crippen molar-refractivity contribution < 1.29 is 14.5 Å². The molecule has 1 heterocycles. The fourth-order valence-electron chi connectivity index (χ4n) is 3.91. The largest absolute Gasteiger partial charge is 0.332 e. The van der Waals surface area contributed by atoms with Gasteiger partial charge in [-0.1, -0.05) is 32.0 Å². The van der Waals surface area contributed by atoms with E-state index in [0.717, 1.165) is 29.9 Å². The molecule has 25 heavy (non-hydrogen) atoms. The van der Waals surface area contributed by atoms with Gasteiger partial charge in [0.2, 0.25) is 5.91 Å². The number of quaternary nitrogens is 1. The maximum atomic E-state index is 12.5. The third-order valence-electron chi connectivity index (χ3n) is 5.03. The molecule has 1 aromatic rings. The molecule has 138 valence electrons. The topological polar surface area (TPSA) is 53.9 Å². The summed E-state index contributed by atoms with van der Waals surface area (Å²) < 4.78 is 0. The molecule has 0 saturated carbocycles. The minimum absolute atomic E-state index is 0.0351. The van der Waals surface area contributed by atoms with Gasteiger partial charge in [0.05, 0.1) is 19.6 Å². The van der Waals surface area contributed by atoms with Crippen LogP contribution in [0.4, 0.5) is 5.69 Å². The predicted molar refractivity (Wildman–Crippen MR) is 101 cm³/mol. The highest BCUT2D eigenvalue weighted by Crippen LogP contribution is 2.19. The lowest BCUT2D eigenvalue weighted by molar-refractivity contribution is -0.904. The summed E-state index contributed by atoms with van der Waals surface area (Å²) in [7, 11) is 1.71. The number of rotatable bonds is 5. The zero-order valence-corrected chi connectivity index (χ0v) is 16.2. The number of amides is 2. The van der Waals surface area contributed by atoms with Gasteiger partial charge in [0.1, 0.15) is 0 Å². The molecule has 1 aliphatic heterocycles. The number of aryl methyl sites for hydroxylation is 2. The summed E-state index contributed by atoms with van der Waals surface area (Å²) in [6, 6.07) is 5.92. The van der Waals surface area contributed by atoms with E-state index >= 15 is 0 Å². The van der Waals surface area contributed by atoms with E-state index in [4.69, 9.17) is 0 Å². The van der Waals surface area contributed by atoms with Crippen LogP contribution in [0.15, 0.2) is 18.2 Å². The van der Waals surface area contributed by atoms with E-state index in [1.54, 1.807) is 11.9 Å². The van der Waals surface area contributed by atoms with Gasteiger partial charge in [0.25, 0.3) is 5.91 Å². The molecule has 0 spiro atoms. The van der Waals surface area contributed by atoms with Crippen LogP contribution in [0, 0.1) is 25.7 Å². The van der Waals surface area contributed by atoms with E-state index in [1.165, 1.54) is 11.3 Å². The van der Waals surface area contributed by atoms with Crippen molar-refractivity contribution in [2.45, 2.75) is 34.1 Å². The van der Waals surface area contributed by atoms with Gasteiger partial charge in [-0.15, -0.1) is 0 Å². The second-order valence-electron chi connectivity index (χ2n) is 7.85. The van der Waals surface area contributed by atoms with Crippen molar-refractivity contribution in [1.29, 1.82) is 0 Å². The van der Waals surface area contributed by atoms with Crippen molar-refractivity contribution in [2.75, 3.05) is 38.5 Å². The summed E-state index contributed by atoms with van der Waals surface area (Å²) >= 11 is 0. The van der Waals surface area contributed by atoms with Crippen molar-refractivity contribution in [1.82, 2.24) is 4.90 Å². The highest BCUT2D eigenvalue weighted by atomic mass is 16.2. The number of carbonyl (C=O) groups excluding carboxylic acids is 2. The molecule has 0 aliphatic carbocycles. The number of nitrogens with one attached hydrogen (secondary N) is 2. The quantitative estimate of drug-likeness (QED) is 0.843. The van der Waals surface area contributed by atoms with Crippen molar-refractivity contribution >= 4 is 17.5 Å². The van der Waals surface area contributed by atoms with Gasteiger partial charge in [0, 0.05) is 24.6 Å². The Morgan fingerprint density at radius 1 is 1.16 bits per heavy atom. The first-order valence-corrected chi connectivity index (χ1v) is 9.19. The summed E-state index contributed by atoms with van der Waals surface area (Å²) in [5.74, 6) is 1.20. The lowest BCUT2D eigenvalue weighted by atomic mass is 9.92. The van der Waals surface area contributed by atoms with Crippen LogP contribution in [0.2, 0.25) is 0 Å². The molecule has 1 aromatic carbocycles. The maximum Gasteiger partial charge on any atom is 0.277 e. The highest BCUT2D eigenvalue weighted by Gasteiger charge is 2.28. The fraction of sp³-hybridized carbons (Fsp3) is 0.600. The number of likely N-dealkylation sites (tertiary alicyclic amines) is 1. The lowest BCUT2D eigenvalue weighted by Crippen LogP contribution is -3.15. The van der Waals surface area contributed by atoms with Crippen LogP contribution >= 0.6 is 0 Å². The summed E-state index contributed by atoms with van der Waals surface area (Å²) in [5.41, 5.74) is 2.91. The Hall–Kier alpha value is -1.88. The zero-order valence-electron chi connectivity index (χ0n) is 16.2. The molecule has 2 amide bonds.